The highest BCUT2D eigenvalue weighted by molar-refractivity contribution is 6.36. The molecule has 9 nitrogen and oxygen atoms in total. The Kier molecular flexibility index (Phi) is 6.81. The minimum absolute atomic E-state index is 0.193. The maximum absolute atomic E-state index is 14.6. The molecule has 0 N–H and O–H groups in total. The molecular weight excluding hydrogens is 402 g/mol. The lowest BCUT2D eigenvalue weighted by Crippen LogP contribution is -2.49. The van der Waals surface area contributed by atoms with Crippen molar-refractivity contribution in [3.63, 3.8) is 0 Å². The molecular formula is C16H19ClF2N4O5. The molecule has 1 heterocycles. The molecule has 0 aliphatic heterocycles. The van der Waals surface area contributed by atoms with Crippen LogP contribution in [-0.4, -0.2) is 51.8 Å². The smallest absolute Gasteiger partial charge is 0.381 e. The number of rotatable bonds is 8. The van der Waals surface area contributed by atoms with Crippen molar-refractivity contribution >= 4 is 34.9 Å². The van der Waals surface area contributed by atoms with Crippen LogP contribution in [0.2, 0.25) is 5.28 Å². The number of carbonyl (C=O) groups excluding carboxylic acids is 2. The van der Waals surface area contributed by atoms with Crippen LogP contribution in [0.15, 0.2) is 6.20 Å². The molecule has 2 rings (SSSR count). The van der Waals surface area contributed by atoms with Crippen molar-refractivity contribution in [2.24, 2.45) is 5.92 Å². The van der Waals surface area contributed by atoms with E-state index in [1.54, 1.807) is 0 Å². The van der Waals surface area contributed by atoms with E-state index in [0.29, 0.717) is 19.3 Å². The SMILES string of the molecule is CCOC(=O)C(=O)C(F)(F)CN(c1nc(Cl)ncc1[N+](=O)[O-])C1CC[C@@H](C)C1. The highest BCUT2D eigenvalue weighted by Gasteiger charge is 2.48. The van der Waals surface area contributed by atoms with Crippen LogP contribution in [0.3, 0.4) is 0 Å². The molecule has 2 atom stereocenters. The summed E-state index contributed by atoms with van der Waals surface area (Å²) in [6.07, 6.45) is 2.46. The van der Waals surface area contributed by atoms with Gasteiger partial charge in [-0.1, -0.05) is 6.92 Å². The van der Waals surface area contributed by atoms with Crippen molar-refractivity contribution in [2.45, 2.75) is 45.1 Å². The van der Waals surface area contributed by atoms with E-state index in [1.807, 2.05) is 6.92 Å². The number of alkyl halides is 2. The minimum atomic E-state index is -4.14. The Morgan fingerprint density at radius 2 is 2.14 bits per heavy atom. The molecule has 0 bridgehead atoms. The zero-order valence-electron chi connectivity index (χ0n) is 15.2. The molecule has 154 valence electrons. The first-order valence-electron chi connectivity index (χ1n) is 8.59. The van der Waals surface area contributed by atoms with Gasteiger partial charge in [0.25, 0.3) is 0 Å². The summed E-state index contributed by atoms with van der Waals surface area (Å²) in [6, 6.07) is -0.541. The normalized spacial score (nSPS) is 19.3. The lowest BCUT2D eigenvalue weighted by molar-refractivity contribution is -0.384. The number of ketones is 1. The minimum Gasteiger partial charge on any atom is -0.460 e. The van der Waals surface area contributed by atoms with Crippen LogP contribution in [0.25, 0.3) is 0 Å². The van der Waals surface area contributed by atoms with Crippen LogP contribution < -0.4 is 4.90 Å². The Bertz CT molecular complexity index is 779. The number of carbonyl (C=O) groups is 2. The molecule has 1 aromatic heterocycles. The first kappa shape index (κ1) is 21.9. The second-order valence-corrected chi connectivity index (χ2v) is 6.90. The number of halogens is 3. The maximum Gasteiger partial charge on any atom is 0.381 e. The molecule has 0 aromatic carbocycles. The predicted octanol–water partition coefficient (Wildman–Crippen LogP) is 2.80. The fourth-order valence-corrected chi connectivity index (χ4v) is 3.28. The number of aromatic nitrogens is 2. The highest BCUT2D eigenvalue weighted by atomic mass is 35.5. The van der Waals surface area contributed by atoms with Gasteiger partial charge in [0.2, 0.25) is 11.1 Å². The van der Waals surface area contributed by atoms with Gasteiger partial charge in [0.1, 0.15) is 6.20 Å². The average Bonchev–Trinajstić information content (AvgIpc) is 3.05. The number of esters is 1. The monoisotopic (exact) mass is 420 g/mol. The Labute approximate surface area is 164 Å². The van der Waals surface area contributed by atoms with E-state index in [0.717, 1.165) is 11.1 Å². The summed E-state index contributed by atoms with van der Waals surface area (Å²) in [7, 11) is 0. The molecule has 0 radical (unpaired) electrons. The number of hydrogen-bond donors (Lipinski definition) is 0. The summed E-state index contributed by atoms with van der Waals surface area (Å²) in [5.74, 6) is -8.04. The van der Waals surface area contributed by atoms with Gasteiger partial charge >= 0.3 is 23.4 Å². The number of ether oxygens (including phenoxy) is 1. The molecule has 12 heteroatoms. The Hall–Kier alpha value is -2.43. The molecule has 1 aromatic rings. The quantitative estimate of drug-likeness (QED) is 0.207. The first-order valence-corrected chi connectivity index (χ1v) is 8.97. The molecule has 0 saturated heterocycles. The van der Waals surface area contributed by atoms with Crippen molar-refractivity contribution in [1.82, 2.24) is 9.97 Å². The van der Waals surface area contributed by atoms with Crippen LogP contribution in [0.1, 0.15) is 33.1 Å². The van der Waals surface area contributed by atoms with Crippen LogP contribution in [0, 0.1) is 16.0 Å². The number of nitro groups is 1. The van der Waals surface area contributed by atoms with E-state index in [9.17, 15) is 28.5 Å². The molecule has 1 fully saturated rings. The molecule has 0 spiro atoms. The summed E-state index contributed by atoms with van der Waals surface area (Å²) >= 11 is 5.73. The molecule has 1 saturated carbocycles. The zero-order chi connectivity index (χ0) is 21.1. The van der Waals surface area contributed by atoms with E-state index >= 15 is 0 Å². The lowest BCUT2D eigenvalue weighted by atomic mass is 10.1. The van der Waals surface area contributed by atoms with Crippen molar-refractivity contribution < 1.29 is 28.0 Å². The van der Waals surface area contributed by atoms with Crippen molar-refractivity contribution in [2.75, 3.05) is 18.1 Å². The van der Waals surface area contributed by atoms with Gasteiger partial charge in [0.15, 0.2) is 0 Å². The second kappa shape index (κ2) is 8.72. The third-order valence-corrected chi connectivity index (χ3v) is 4.64. The van der Waals surface area contributed by atoms with Gasteiger partial charge in [-0.05, 0) is 43.7 Å². The molecule has 1 aliphatic rings. The fourth-order valence-electron chi connectivity index (χ4n) is 3.15. The van der Waals surface area contributed by atoms with Gasteiger partial charge in [-0.15, -0.1) is 0 Å². The van der Waals surface area contributed by atoms with Gasteiger partial charge < -0.3 is 9.64 Å². The van der Waals surface area contributed by atoms with Crippen molar-refractivity contribution in [1.29, 1.82) is 0 Å². The van der Waals surface area contributed by atoms with Gasteiger partial charge in [0, 0.05) is 6.04 Å². The van der Waals surface area contributed by atoms with Crippen LogP contribution >= 0.6 is 11.6 Å². The Morgan fingerprint density at radius 3 is 2.68 bits per heavy atom. The molecule has 28 heavy (non-hydrogen) atoms. The standard InChI is InChI=1S/C16H19ClF2N4O5/c1-3-28-14(25)12(24)16(18,19)8-22(10-5-4-9(2)6-10)13-11(23(26)27)7-20-15(17)21-13/h7,9-10H,3-6,8H2,1-2H3/t9-,10?/m1/s1. The summed E-state index contributed by atoms with van der Waals surface area (Å²) in [6.45, 7) is 1.79. The van der Waals surface area contributed by atoms with E-state index in [1.165, 1.54) is 6.92 Å². The maximum atomic E-state index is 14.6. The third-order valence-electron chi connectivity index (χ3n) is 4.46. The van der Waals surface area contributed by atoms with Gasteiger partial charge in [0.05, 0.1) is 18.1 Å². The first-order chi connectivity index (χ1) is 13.1. The lowest BCUT2D eigenvalue weighted by Gasteiger charge is -2.32. The van der Waals surface area contributed by atoms with Gasteiger partial charge in [-0.3, -0.25) is 14.9 Å². The largest absolute Gasteiger partial charge is 0.460 e. The van der Waals surface area contributed by atoms with E-state index in [4.69, 9.17) is 11.6 Å². The van der Waals surface area contributed by atoms with Crippen LogP contribution in [0.4, 0.5) is 20.3 Å². The molecule has 1 unspecified atom stereocenters. The average molecular weight is 421 g/mol. The van der Waals surface area contributed by atoms with Crippen molar-refractivity contribution in [3.05, 3.63) is 21.6 Å². The van der Waals surface area contributed by atoms with E-state index in [2.05, 4.69) is 14.7 Å². The van der Waals surface area contributed by atoms with Gasteiger partial charge in [-0.2, -0.15) is 13.8 Å². The topological polar surface area (TPSA) is 116 Å². The van der Waals surface area contributed by atoms with Crippen LogP contribution in [0.5, 0.6) is 0 Å². The van der Waals surface area contributed by atoms with Crippen molar-refractivity contribution in [3.8, 4) is 0 Å². The van der Waals surface area contributed by atoms with E-state index < -0.39 is 46.7 Å². The summed E-state index contributed by atoms with van der Waals surface area (Å²) in [5.41, 5.74) is -0.622. The van der Waals surface area contributed by atoms with Crippen LogP contribution in [-0.2, 0) is 14.3 Å². The number of hydrogen-bond acceptors (Lipinski definition) is 8. The Morgan fingerprint density at radius 1 is 1.46 bits per heavy atom. The summed E-state index contributed by atoms with van der Waals surface area (Å²) < 4.78 is 33.5. The van der Waals surface area contributed by atoms with Gasteiger partial charge in [-0.25, -0.2) is 9.78 Å². The summed E-state index contributed by atoms with van der Waals surface area (Å²) in [5, 5.41) is 11.0. The Balaban J connectivity index is 2.44. The molecule has 0 amide bonds. The highest BCUT2D eigenvalue weighted by Crippen LogP contribution is 2.37. The zero-order valence-corrected chi connectivity index (χ0v) is 16.0. The number of anilines is 1. The second-order valence-electron chi connectivity index (χ2n) is 6.56. The summed E-state index contributed by atoms with van der Waals surface area (Å²) in [4.78, 5) is 42.1. The van der Waals surface area contributed by atoms with E-state index in [-0.39, 0.29) is 17.8 Å². The number of Topliss-reactive ketones (excluding diaryl/α,β-unsaturated/α-hetero) is 1. The predicted molar refractivity (Wildman–Crippen MR) is 94.4 cm³/mol. The number of nitrogens with zero attached hydrogens (tertiary/aromatic N) is 4. The fraction of sp³-hybridized carbons (Fsp3) is 0.625. The molecule has 1 aliphatic carbocycles. The third kappa shape index (κ3) is 4.89.